The predicted octanol–water partition coefficient (Wildman–Crippen LogP) is 1.52. The molecule has 0 N–H and O–H groups in total. The minimum atomic E-state index is -1.62. The molecule has 1 heterocycles. The molecule has 1 atom stereocenters. The molecule has 12 heavy (non-hydrogen) atoms. The fourth-order valence-electron chi connectivity index (χ4n) is 1.32. The molecule has 0 bridgehead atoms. The van der Waals surface area contributed by atoms with Crippen LogP contribution < -0.4 is 0 Å². The Labute approximate surface area is 74.4 Å². The van der Waals surface area contributed by atoms with Crippen molar-refractivity contribution in [2.75, 3.05) is 13.2 Å². The molecule has 1 saturated heterocycles. The molecule has 0 aromatic heterocycles. The van der Waals surface area contributed by atoms with Gasteiger partial charge >= 0.3 is 0 Å². The highest BCUT2D eigenvalue weighted by molar-refractivity contribution is 6.69. The monoisotopic (exact) mass is 185 g/mol. The SMILES string of the molecule is C[Si](C)(C)OC1(C#N)CCOC1. The third kappa shape index (κ3) is 2.31. The van der Waals surface area contributed by atoms with Crippen LogP contribution in [0.4, 0.5) is 0 Å². The summed E-state index contributed by atoms with van der Waals surface area (Å²) in [7, 11) is -1.62. The van der Waals surface area contributed by atoms with Crippen LogP contribution in [0.3, 0.4) is 0 Å². The number of hydrogen-bond acceptors (Lipinski definition) is 3. The zero-order valence-electron chi connectivity index (χ0n) is 7.89. The predicted molar refractivity (Wildman–Crippen MR) is 48.2 cm³/mol. The Kier molecular flexibility index (Phi) is 2.57. The molecule has 0 radical (unpaired) electrons. The van der Waals surface area contributed by atoms with Crippen LogP contribution in [0.5, 0.6) is 0 Å². The second kappa shape index (κ2) is 3.17. The van der Waals surface area contributed by atoms with Gasteiger partial charge in [0.15, 0.2) is 13.9 Å². The molecule has 4 heteroatoms. The Morgan fingerprint density at radius 3 is 2.50 bits per heavy atom. The highest BCUT2D eigenvalue weighted by Crippen LogP contribution is 2.26. The Balaban J connectivity index is 2.64. The van der Waals surface area contributed by atoms with Gasteiger partial charge < -0.3 is 9.16 Å². The average Bonchev–Trinajstić information content (AvgIpc) is 2.34. The third-order valence-corrected chi connectivity index (χ3v) is 2.69. The minimum absolute atomic E-state index is 0.438. The first-order chi connectivity index (χ1) is 5.47. The largest absolute Gasteiger partial charge is 0.398 e. The summed E-state index contributed by atoms with van der Waals surface area (Å²) in [5, 5.41) is 8.95. The molecule has 1 fully saturated rings. The first-order valence-electron chi connectivity index (χ1n) is 4.17. The summed E-state index contributed by atoms with van der Waals surface area (Å²) in [6.45, 7) is 7.35. The number of ether oxygens (including phenoxy) is 1. The molecule has 3 nitrogen and oxygen atoms in total. The highest BCUT2D eigenvalue weighted by Gasteiger charge is 2.39. The molecule has 68 valence electrons. The first kappa shape index (κ1) is 9.71. The lowest BCUT2D eigenvalue weighted by Gasteiger charge is -2.28. The molecule has 1 aliphatic heterocycles. The molecule has 1 aliphatic rings. The van der Waals surface area contributed by atoms with Gasteiger partial charge in [-0.25, -0.2) is 0 Å². The van der Waals surface area contributed by atoms with Gasteiger partial charge in [0.2, 0.25) is 0 Å². The third-order valence-electron chi connectivity index (χ3n) is 1.69. The van der Waals surface area contributed by atoms with Gasteiger partial charge in [0.1, 0.15) is 0 Å². The zero-order chi connectivity index (χ0) is 9.24. The summed E-state index contributed by atoms with van der Waals surface area (Å²) in [6, 6.07) is 2.22. The standard InChI is InChI=1S/C8H15NO2Si/c1-12(2,3)11-8(6-9)4-5-10-7-8/h4-5,7H2,1-3H3. The molecule has 0 saturated carbocycles. The highest BCUT2D eigenvalue weighted by atomic mass is 28.4. The van der Waals surface area contributed by atoms with E-state index in [0.717, 1.165) is 0 Å². The molecular weight excluding hydrogens is 170 g/mol. The zero-order valence-corrected chi connectivity index (χ0v) is 8.89. The molecule has 0 spiro atoms. The van der Waals surface area contributed by atoms with Crippen molar-refractivity contribution in [3.8, 4) is 6.07 Å². The van der Waals surface area contributed by atoms with Crippen LogP contribution in [0.25, 0.3) is 0 Å². The average molecular weight is 185 g/mol. The normalized spacial score (nSPS) is 30.2. The van der Waals surface area contributed by atoms with Crippen molar-refractivity contribution in [3.63, 3.8) is 0 Å². The van der Waals surface area contributed by atoms with E-state index in [4.69, 9.17) is 14.4 Å². The first-order valence-corrected chi connectivity index (χ1v) is 7.57. The van der Waals surface area contributed by atoms with Crippen molar-refractivity contribution in [1.82, 2.24) is 0 Å². The van der Waals surface area contributed by atoms with E-state index >= 15 is 0 Å². The van der Waals surface area contributed by atoms with Gasteiger partial charge in [-0.3, -0.25) is 0 Å². The molecule has 0 aromatic carbocycles. The van der Waals surface area contributed by atoms with Gasteiger partial charge in [-0.05, 0) is 19.6 Å². The Bertz CT molecular complexity index is 198. The topological polar surface area (TPSA) is 42.2 Å². The van der Waals surface area contributed by atoms with Crippen LogP contribution in [0.15, 0.2) is 0 Å². The summed E-state index contributed by atoms with van der Waals surface area (Å²) < 4.78 is 11.0. The maximum absolute atomic E-state index is 8.95. The Hall–Kier alpha value is -0.373. The number of nitriles is 1. The van der Waals surface area contributed by atoms with Gasteiger partial charge in [-0.15, -0.1) is 0 Å². The lowest BCUT2D eigenvalue weighted by atomic mass is 10.1. The van der Waals surface area contributed by atoms with Crippen molar-refractivity contribution in [2.45, 2.75) is 31.7 Å². The molecule has 1 unspecified atom stereocenters. The van der Waals surface area contributed by atoms with Gasteiger partial charge in [0, 0.05) is 6.42 Å². The van der Waals surface area contributed by atoms with Crippen molar-refractivity contribution >= 4 is 8.32 Å². The smallest absolute Gasteiger partial charge is 0.186 e. The molecule has 0 aliphatic carbocycles. The van der Waals surface area contributed by atoms with Gasteiger partial charge in [0.25, 0.3) is 0 Å². The Morgan fingerprint density at radius 1 is 1.50 bits per heavy atom. The molecular formula is C8H15NO2Si. The van der Waals surface area contributed by atoms with E-state index in [-0.39, 0.29) is 0 Å². The van der Waals surface area contributed by atoms with Crippen LogP contribution in [0, 0.1) is 11.3 Å². The lowest BCUT2D eigenvalue weighted by Crippen LogP contribution is -2.42. The molecule has 0 amide bonds. The number of nitrogens with zero attached hydrogens (tertiary/aromatic N) is 1. The second-order valence-corrected chi connectivity index (χ2v) is 8.55. The quantitative estimate of drug-likeness (QED) is 0.613. The van der Waals surface area contributed by atoms with Crippen molar-refractivity contribution in [1.29, 1.82) is 5.26 Å². The second-order valence-electron chi connectivity index (χ2n) is 4.12. The summed E-state index contributed by atoms with van der Waals surface area (Å²) in [5.41, 5.74) is -0.634. The fraction of sp³-hybridized carbons (Fsp3) is 0.875. The van der Waals surface area contributed by atoms with E-state index < -0.39 is 13.9 Å². The van der Waals surface area contributed by atoms with E-state index in [2.05, 4.69) is 25.7 Å². The van der Waals surface area contributed by atoms with Crippen molar-refractivity contribution in [2.24, 2.45) is 0 Å². The fourth-order valence-corrected chi connectivity index (χ4v) is 2.70. The van der Waals surface area contributed by atoms with E-state index in [9.17, 15) is 0 Å². The van der Waals surface area contributed by atoms with E-state index in [0.29, 0.717) is 19.6 Å². The van der Waals surface area contributed by atoms with Crippen molar-refractivity contribution in [3.05, 3.63) is 0 Å². The van der Waals surface area contributed by atoms with Gasteiger partial charge in [-0.1, -0.05) is 0 Å². The maximum atomic E-state index is 8.95. The molecule has 0 aromatic rings. The van der Waals surface area contributed by atoms with Crippen LogP contribution in [0.1, 0.15) is 6.42 Å². The van der Waals surface area contributed by atoms with Crippen molar-refractivity contribution < 1.29 is 9.16 Å². The van der Waals surface area contributed by atoms with Crippen LogP contribution in [-0.4, -0.2) is 27.1 Å². The maximum Gasteiger partial charge on any atom is 0.186 e. The molecule has 1 rings (SSSR count). The van der Waals surface area contributed by atoms with E-state index in [1.807, 2.05) is 0 Å². The van der Waals surface area contributed by atoms with Gasteiger partial charge in [0.05, 0.1) is 19.3 Å². The van der Waals surface area contributed by atoms with E-state index in [1.54, 1.807) is 0 Å². The number of hydrogen-bond donors (Lipinski definition) is 0. The van der Waals surface area contributed by atoms with Crippen LogP contribution in [0.2, 0.25) is 19.6 Å². The van der Waals surface area contributed by atoms with Crippen LogP contribution >= 0.6 is 0 Å². The van der Waals surface area contributed by atoms with E-state index in [1.165, 1.54) is 0 Å². The number of rotatable bonds is 2. The summed E-state index contributed by atoms with van der Waals surface area (Å²) in [4.78, 5) is 0. The van der Waals surface area contributed by atoms with Gasteiger partial charge in [-0.2, -0.15) is 5.26 Å². The lowest BCUT2D eigenvalue weighted by molar-refractivity contribution is 0.0897. The van der Waals surface area contributed by atoms with Crippen LogP contribution in [-0.2, 0) is 9.16 Å². The Morgan fingerprint density at radius 2 is 2.17 bits per heavy atom. The summed E-state index contributed by atoms with van der Waals surface area (Å²) in [6.07, 6.45) is 0.716. The summed E-state index contributed by atoms with van der Waals surface area (Å²) in [5.74, 6) is 0. The minimum Gasteiger partial charge on any atom is -0.398 e. The summed E-state index contributed by atoms with van der Waals surface area (Å²) >= 11 is 0.